The lowest BCUT2D eigenvalue weighted by atomic mass is 10.2. The van der Waals surface area contributed by atoms with E-state index in [9.17, 15) is 13.2 Å². The SMILES string of the molecule is C=CC(=O)n1cccc1C=C(C)C(=C)OS(C)(=O)=O. The number of hydrogen-bond donors (Lipinski definition) is 0. The zero-order valence-corrected chi connectivity index (χ0v) is 11.6. The minimum absolute atomic E-state index is 0.0151. The van der Waals surface area contributed by atoms with E-state index in [-0.39, 0.29) is 11.7 Å². The molecule has 0 saturated carbocycles. The first-order chi connectivity index (χ1) is 8.74. The van der Waals surface area contributed by atoms with Gasteiger partial charge in [0, 0.05) is 11.9 Å². The summed E-state index contributed by atoms with van der Waals surface area (Å²) in [5, 5.41) is 0. The van der Waals surface area contributed by atoms with Crippen LogP contribution in [0.2, 0.25) is 0 Å². The van der Waals surface area contributed by atoms with E-state index in [0.29, 0.717) is 11.3 Å². The summed E-state index contributed by atoms with van der Waals surface area (Å²) in [6, 6.07) is 3.40. The molecular weight excluding hydrogens is 266 g/mol. The summed E-state index contributed by atoms with van der Waals surface area (Å²) in [4.78, 5) is 11.5. The van der Waals surface area contributed by atoms with Crippen molar-refractivity contribution in [1.82, 2.24) is 4.57 Å². The molecule has 1 aromatic rings. The molecule has 0 radical (unpaired) electrons. The maximum atomic E-state index is 11.5. The summed E-state index contributed by atoms with van der Waals surface area (Å²) >= 11 is 0. The molecule has 0 N–H and O–H groups in total. The van der Waals surface area contributed by atoms with Crippen molar-refractivity contribution in [2.75, 3.05) is 6.26 Å². The Balaban J connectivity index is 3.03. The Kier molecular flexibility index (Phi) is 4.50. The summed E-state index contributed by atoms with van der Waals surface area (Å²) in [5.41, 5.74) is 1.09. The molecule has 19 heavy (non-hydrogen) atoms. The molecule has 0 amide bonds. The van der Waals surface area contributed by atoms with Crippen molar-refractivity contribution in [3.63, 3.8) is 0 Å². The maximum absolute atomic E-state index is 11.5. The van der Waals surface area contributed by atoms with Gasteiger partial charge in [-0.05, 0) is 36.8 Å². The van der Waals surface area contributed by atoms with Crippen molar-refractivity contribution < 1.29 is 17.4 Å². The molecule has 0 aliphatic carbocycles. The van der Waals surface area contributed by atoms with Crippen LogP contribution >= 0.6 is 0 Å². The molecule has 0 spiro atoms. The second-order valence-electron chi connectivity index (χ2n) is 3.88. The maximum Gasteiger partial charge on any atom is 0.306 e. The van der Waals surface area contributed by atoms with Crippen LogP contribution in [0.4, 0.5) is 0 Å². The number of nitrogens with zero attached hydrogens (tertiary/aromatic N) is 1. The Morgan fingerprint density at radius 3 is 2.63 bits per heavy atom. The fourth-order valence-electron chi connectivity index (χ4n) is 1.36. The van der Waals surface area contributed by atoms with Gasteiger partial charge in [0.15, 0.2) is 0 Å². The van der Waals surface area contributed by atoms with Gasteiger partial charge in [0.25, 0.3) is 5.91 Å². The molecule has 0 saturated heterocycles. The first-order valence-electron chi connectivity index (χ1n) is 5.36. The van der Waals surface area contributed by atoms with E-state index in [4.69, 9.17) is 0 Å². The van der Waals surface area contributed by atoms with Crippen molar-refractivity contribution in [1.29, 1.82) is 0 Å². The Morgan fingerprint density at radius 2 is 2.11 bits per heavy atom. The van der Waals surface area contributed by atoms with E-state index < -0.39 is 10.1 Å². The first kappa shape index (κ1) is 15.0. The Bertz CT molecular complexity index is 650. The van der Waals surface area contributed by atoms with Crippen molar-refractivity contribution in [3.8, 4) is 0 Å². The van der Waals surface area contributed by atoms with Gasteiger partial charge < -0.3 is 4.18 Å². The van der Waals surface area contributed by atoms with E-state index in [1.54, 1.807) is 31.3 Å². The van der Waals surface area contributed by atoms with Gasteiger partial charge in [0.1, 0.15) is 5.76 Å². The summed E-state index contributed by atoms with van der Waals surface area (Å²) < 4.78 is 28.0. The summed E-state index contributed by atoms with van der Waals surface area (Å²) in [5.74, 6) is -0.264. The summed E-state index contributed by atoms with van der Waals surface area (Å²) in [6.07, 6.45) is 5.32. The van der Waals surface area contributed by atoms with Gasteiger partial charge in [-0.1, -0.05) is 13.2 Å². The number of rotatable bonds is 5. The monoisotopic (exact) mass is 281 g/mol. The smallest absolute Gasteiger partial charge is 0.306 e. The van der Waals surface area contributed by atoms with Crippen LogP contribution in [0.3, 0.4) is 0 Å². The van der Waals surface area contributed by atoms with Gasteiger partial charge in [0.05, 0.1) is 6.26 Å². The summed E-state index contributed by atoms with van der Waals surface area (Å²) in [6.45, 7) is 8.58. The predicted molar refractivity (Wildman–Crippen MR) is 74.0 cm³/mol. The quantitative estimate of drug-likeness (QED) is 0.359. The molecule has 0 atom stereocenters. The van der Waals surface area contributed by atoms with Gasteiger partial charge in [0.2, 0.25) is 0 Å². The topological polar surface area (TPSA) is 65.4 Å². The molecule has 1 heterocycles. The van der Waals surface area contributed by atoms with Crippen molar-refractivity contribution in [2.45, 2.75) is 6.92 Å². The number of carbonyl (C=O) groups excluding carboxylic acids is 1. The van der Waals surface area contributed by atoms with Crippen LogP contribution in [0.25, 0.3) is 6.08 Å². The highest BCUT2D eigenvalue weighted by atomic mass is 32.2. The standard InChI is InChI=1S/C13H15NO4S/c1-5-13(15)14-8-6-7-12(14)9-10(2)11(3)18-19(4,16)17/h5-9H,1,3H2,2,4H3. The summed E-state index contributed by atoms with van der Waals surface area (Å²) in [7, 11) is -3.61. The van der Waals surface area contributed by atoms with Crippen LogP contribution in [0.15, 0.2) is 48.9 Å². The molecule has 0 unspecified atom stereocenters. The Hall–Kier alpha value is -2.08. The number of allylic oxidation sites excluding steroid dienone is 2. The Morgan fingerprint density at radius 1 is 1.47 bits per heavy atom. The van der Waals surface area contributed by atoms with Crippen molar-refractivity contribution >= 4 is 22.1 Å². The molecule has 0 aliphatic heterocycles. The molecule has 6 heteroatoms. The third kappa shape index (κ3) is 4.26. The van der Waals surface area contributed by atoms with E-state index in [0.717, 1.165) is 6.26 Å². The zero-order chi connectivity index (χ0) is 14.6. The lowest BCUT2D eigenvalue weighted by molar-refractivity contribution is 0.0969. The van der Waals surface area contributed by atoms with Crippen LogP contribution in [-0.2, 0) is 14.3 Å². The van der Waals surface area contributed by atoms with Crippen LogP contribution in [0.1, 0.15) is 17.4 Å². The average molecular weight is 281 g/mol. The van der Waals surface area contributed by atoms with E-state index in [1.807, 2.05) is 0 Å². The van der Waals surface area contributed by atoms with Gasteiger partial charge in [-0.15, -0.1) is 0 Å². The van der Waals surface area contributed by atoms with Crippen molar-refractivity contribution in [3.05, 3.63) is 54.6 Å². The zero-order valence-electron chi connectivity index (χ0n) is 10.8. The third-order valence-corrected chi connectivity index (χ3v) is 2.75. The van der Waals surface area contributed by atoms with Crippen LogP contribution in [-0.4, -0.2) is 25.1 Å². The minimum Gasteiger partial charge on any atom is -0.383 e. The van der Waals surface area contributed by atoms with Gasteiger partial charge in [-0.2, -0.15) is 8.42 Å². The average Bonchev–Trinajstić information content (AvgIpc) is 2.73. The molecule has 102 valence electrons. The molecular formula is C13H15NO4S. The van der Waals surface area contributed by atoms with Gasteiger partial charge >= 0.3 is 10.1 Å². The lowest BCUT2D eigenvalue weighted by Gasteiger charge is -2.07. The van der Waals surface area contributed by atoms with E-state index in [2.05, 4.69) is 17.3 Å². The third-order valence-electron chi connectivity index (χ3n) is 2.25. The molecule has 0 bridgehead atoms. The second-order valence-corrected chi connectivity index (χ2v) is 5.46. The molecule has 1 rings (SSSR count). The molecule has 1 aromatic heterocycles. The largest absolute Gasteiger partial charge is 0.383 e. The number of hydrogen-bond acceptors (Lipinski definition) is 4. The van der Waals surface area contributed by atoms with E-state index in [1.165, 1.54) is 10.6 Å². The number of aromatic nitrogens is 1. The number of carbonyl (C=O) groups is 1. The predicted octanol–water partition coefficient (Wildman–Crippen LogP) is 2.21. The fraction of sp³-hybridized carbons (Fsp3) is 0.154. The van der Waals surface area contributed by atoms with E-state index >= 15 is 0 Å². The van der Waals surface area contributed by atoms with Gasteiger partial charge in [-0.3, -0.25) is 9.36 Å². The molecule has 0 aromatic carbocycles. The normalized spacial score (nSPS) is 12.0. The highest BCUT2D eigenvalue weighted by molar-refractivity contribution is 7.86. The molecule has 0 fully saturated rings. The molecule has 0 aliphatic rings. The highest BCUT2D eigenvalue weighted by Gasteiger charge is 2.09. The Labute approximate surface area is 112 Å². The van der Waals surface area contributed by atoms with Crippen LogP contribution in [0.5, 0.6) is 0 Å². The van der Waals surface area contributed by atoms with Crippen LogP contribution in [0, 0.1) is 0 Å². The first-order valence-corrected chi connectivity index (χ1v) is 7.17. The van der Waals surface area contributed by atoms with Crippen molar-refractivity contribution in [2.24, 2.45) is 0 Å². The lowest BCUT2D eigenvalue weighted by Crippen LogP contribution is -2.07. The highest BCUT2D eigenvalue weighted by Crippen LogP contribution is 2.16. The fourth-order valence-corrected chi connectivity index (χ4v) is 1.86. The second kappa shape index (κ2) is 5.71. The minimum atomic E-state index is -3.61. The molecule has 5 nitrogen and oxygen atoms in total. The van der Waals surface area contributed by atoms with Gasteiger partial charge in [-0.25, -0.2) is 0 Å². The van der Waals surface area contributed by atoms with Crippen LogP contribution < -0.4 is 0 Å².